The molecule has 3 rings (SSSR count). The predicted octanol–water partition coefficient (Wildman–Crippen LogP) is 3.83. The van der Waals surface area contributed by atoms with Gasteiger partial charge in [0.2, 0.25) is 5.91 Å². The maximum Gasteiger partial charge on any atom is 0.243 e. The van der Waals surface area contributed by atoms with Crippen LogP contribution in [0.5, 0.6) is 0 Å². The smallest absolute Gasteiger partial charge is 0.243 e. The molecule has 0 spiro atoms. The molecule has 2 N–H and O–H groups in total. The number of carbonyl (C=O) groups excluding carboxylic acids is 1. The quantitative estimate of drug-likeness (QED) is 0.299. The fourth-order valence-electron chi connectivity index (χ4n) is 3.85. The first-order valence-electron chi connectivity index (χ1n) is 11.1. The van der Waals surface area contributed by atoms with Crippen LogP contribution in [0.2, 0.25) is 0 Å². The van der Waals surface area contributed by atoms with Crippen LogP contribution in [0.3, 0.4) is 0 Å². The summed E-state index contributed by atoms with van der Waals surface area (Å²) in [6.45, 7) is 5.17. The van der Waals surface area contributed by atoms with Crippen molar-refractivity contribution in [2.24, 2.45) is 4.99 Å². The minimum Gasteiger partial charge on any atom is -0.354 e. The Bertz CT molecular complexity index is 838. The zero-order valence-electron chi connectivity index (χ0n) is 19.3. The fraction of sp³-hybridized carbons (Fsp3) is 0.440. The van der Waals surface area contributed by atoms with Crippen molar-refractivity contribution in [1.29, 1.82) is 0 Å². The Morgan fingerprint density at radius 2 is 1.56 bits per heavy atom. The third kappa shape index (κ3) is 7.78. The normalized spacial score (nSPS) is 16.0. The summed E-state index contributed by atoms with van der Waals surface area (Å²) in [6, 6.07) is 21.2. The number of nitrogens with one attached hydrogen (secondary N) is 2. The lowest BCUT2D eigenvalue weighted by Gasteiger charge is -2.29. The van der Waals surface area contributed by atoms with Crippen LogP contribution in [0.25, 0.3) is 0 Å². The lowest BCUT2D eigenvalue weighted by molar-refractivity contribution is -0.127. The lowest BCUT2D eigenvalue weighted by atomic mass is 10.1. The SMILES string of the molecule is CC(NC(=NCC(=O)N(C)C)NCC(c1ccccc1)N1CCCC1)c1ccccc1.I. The van der Waals surface area contributed by atoms with Gasteiger partial charge < -0.3 is 15.5 Å². The summed E-state index contributed by atoms with van der Waals surface area (Å²) >= 11 is 0. The first-order valence-corrected chi connectivity index (χ1v) is 11.1. The number of likely N-dealkylation sites (tertiary alicyclic amines) is 1. The van der Waals surface area contributed by atoms with E-state index in [-0.39, 0.29) is 48.5 Å². The summed E-state index contributed by atoms with van der Waals surface area (Å²) in [5.74, 6) is 0.638. The molecule has 2 unspecified atom stereocenters. The second-order valence-corrected chi connectivity index (χ2v) is 8.28. The molecule has 0 aromatic heterocycles. The van der Waals surface area contributed by atoms with Crippen LogP contribution in [0, 0.1) is 0 Å². The number of likely N-dealkylation sites (N-methyl/N-ethyl adjacent to an activating group) is 1. The fourth-order valence-corrected chi connectivity index (χ4v) is 3.85. The molecule has 1 heterocycles. The van der Waals surface area contributed by atoms with Crippen molar-refractivity contribution < 1.29 is 4.79 Å². The number of halogens is 1. The van der Waals surface area contributed by atoms with E-state index in [1.165, 1.54) is 24.0 Å². The number of aliphatic imine (C=N–C) groups is 1. The topological polar surface area (TPSA) is 60.0 Å². The number of hydrogen-bond donors (Lipinski definition) is 2. The van der Waals surface area contributed by atoms with Crippen LogP contribution < -0.4 is 10.6 Å². The highest BCUT2D eigenvalue weighted by Gasteiger charge is 2.23. The molecule has 1 amide bonds. The molecule has 6 nitrogen and oxygen atoms in total. The molecule has 0 aliphatic carbocycles. The Morgan fingerprint density at radius 1 is 1.00 bits per heavy atom. The third-order valence-corrected chi connectivity index (χ3v) is 5.75. The summed E-state index contributed by atoms with van der Waals surface area (Å²) < 4.78 is 0. The number of nitrogens with zero attached hydrogens (tertiary/aromatic N) is 3. The van der Waals surface area contributed by atoms with Crippen LogP contribution in [-0.4, -0.2) is 61.9 Å². The van der Waals surface area contributed by atoms with E-state index in [2.05, 4.69) is 69.9 Å². The largest absolute Gasteiger partial charge is 0.354 e. The maximum absolute atomic E-state index is 12.1. The van der Waals surface area contributed by atoms with Gasteiger partial charge in [-0.3, -0.25) is 9.69 Å². The summed E-state index contributed by atoms with van der Waals surface area (Å²) in [4.78, 5) is 20.8. The molecule has 7 heteroatoms. The van der Waals surface area contributed by atoms with Crippen molar-refractivity contribution in [2.75, 3.05) is 40.3 Å². The van der Waals surface area contributed by atoms with E-state index in [0.717, 1.165) is 19.6 Å². The van der Waals surface area contributed by atoms with Gasteiger partial charge in [-0.1, -0.05) is 60.7 Å². The van der Waals surface area contributed by atoms with Gasteiger partial charge in [0.1, 0.15) is 6.54 Å². The van der Waals surface area contributed by atoms with Crippen molar-refractivity contribution in [2.45, 2.75) is 31.8 Å². The van der Waals surface area contributed by atoms with Gasteiger partial charge in [0.05, 0.1) is 12.1 Å². The van der Waals surface area contributed by atoms with E-state index >= 15 is 0 Å². The van der Waals surface area contributed by atoms with Crippen LogP contribution in [0.4, 0.5) is 0 Å². The van der Waals surface area contributed by atoms with Gasteiger partial charge >= 0.3 is 0 Å². The van der Waals surface area contributed by atoms with E-state index in [9.17, 15) is 4.79 Å². The van der Waals surface area contributed by atoms with Gasteiger partial charge in [0.15, 0.2) is 5.96 Å². The van der Waals surface area contributed by atoms with Crippen molar-refractivity contribution in [3.8, 4) is 0 Å². The molecule has 2 aromatic carbocycles. The van der Waals surface area contributed by atoms with Crippen LogP contribution in [0.15, 0.2) is 65.7 Å². The molecule has 1 saturated heterocycles. The van der Waals surface area contributed by atoms with E-state index < -0.39 is 0 Å². The maximum atomic E-state index is 12.1. The zero-order valence-corrected chi connectivity index (χ0v) is 21.7. The van der Waals surface area contributed by atoms with Crippen molar-refractivity contribution in [1.82, 2.24) is 20.4 Å². The second-order valence-electron chi connectivity index (χ2n) is 8.28. The van der Waals surface area contributed by atoms with Crippen LogP contribution in [0.1, 0.15) is 43.0 Å². The number of guanidine groups is 1. The number of carbonyl (C=O) groups is 1. The predicted molar refractivity (Wildman–Crippen MR) is 142 cm³/mol. The molecule has 2 aromatic rings. The molecule has 0 radical (unpaired) electrons. The molecule has 2 atom stereocenters. The monoisotopic (exact) mass is 549 g/mol. The minimum absolute atomic E-state index is 0. The first kappa shape index (κ1) is 26.1. The van der Waals surface area contributed by atoms with Crippen molar-refractivity contribution >= 4 is 35.8 Å². The molecule has 174 valence electrons. The average molecular weight is 550 g/mol. The van der Waals surface area contributed by atoms with Gasteiger partial charge in [-0.15, -0.1) is 24.0 Å². The van der Waals surface area contributed by atoms with Gasteiger partial charge in [0, 0.05) is 20.6 Å². The number of amides is 1. The van der Waals surface area contributed by atoms with Gasteiger partial charge in [-0.2, -0.15) is 0 Å². The minimum atomic E-state index is -0.0207. The number of benzene rings is 2. The molecule has 0 bridgehead atoms. The highest BCUT2D eigenvalue weighted by Crippen LogP contribution is 2.24. The zero-order chi connectivity index (χ0) is 22.1. The standard InChI is InChI=1S/C25H35N5O.HI/c1-20(21-12-6-4-7-13-21)28-25(27-19-24(31)29(2)3)26-18-23(30-16-10-11-17-30)22-14-8-5-9-15-22;/h4-9,12-15,20,23H,10-11,16-19H2,1-3H3,(H2,26,27,28);1H. The summed E-state index contributed by atoms with van der Waals surface area (Å²) in [5.41, 5.74) is 2.48. The molecular formula is C25H36IN5O. The summed E-state index contributed by atoms with van der Waals surface area (Å²) in [7, 11) is 3.51. The Labute approximate surface area is 209 Å². The van der Waals surface area contributed by atoms with E-state index in [1.54, 1.807) is 19.0 Å². The van der Waals surface area contributed by atoms with Crippen molar-refractivity contribution in [3.63, 3.8) is 0 Å². The average Bonchev–Trinajstić information content (AvgIpc) is 3.33. The number of hydrogen-bond acceptors (Lipinski definition) is 3. The summed E-state index contributed by atoms with van der Waals surface area (Å²) in [6.07, 6.45) is 2.48. The highest BCUT2D eigenvalue weighted by atomic mass is 127. The van der Waals surface area contributed by atoms with Gasteiger partial charge in [-0.25, -0.2) is 4.99 Å². The summed E-state index contributed by atoms with van der Waals surface area (Å²) in [5, 5.41) is 6.99. The highest BCUT2D eigenvalue weighted by molar-refractivity contribution is 14.0. The molecule has 1 aliphatic heterocycles. The van der Waals surface area contributed by atoms with Crippen LogP contribution >= 0.6 is 24.0 Å². The van der Waals surface area contributed by atoms with E-state index in [0.29, 0.717) is 5.96 Å². The molecule has 1 aliphatic rings. The van der Waals surface area contributed by atoms with E-state index in [1.807, 2.05) is 18.2 Å². The third-order valence-electron chi connectivity index (χ3n) is 5.75. The van der Waals surface area contributed by atoms with Gasteiger partial charge in [-0.05, 0) is 44.0 Å². The van der Waals surface area contributed by atoms with Crippen molar-refractivity contribution in [3.05, 3.63) is 71.8 Å². The van der Waals surface area contributed by atoms with Gasteiger partial charge in [0.25, 0.3) is 0 Å². The molecular weight excluding hydrogens is 513 g/mol. The molecule has 32 heavy (non-hydrogen) atoms. The Balaban J connectivity index is 0.00000363. The van der Waals surface area contributed by atoms with E-state index in [4.69, 9.17) is 0 Å². The molecule has 0 saturated carbocycles. The second kappa shape index (κ2) is 13.4. The molecule has 1 fully saturated rings. The lowest BCUT2D eigenvalue weighted by Crippen LogP contribution is -2.44. The number of rotatable bonds is 8. The Kier molecular flexibility index (Phi) is 11.0. The Hall–Kier alpha value is -2.13. The Morgan fingerprint density at radius 3 is 2.12 bits per heavy atom. The van der Waals surface area contributed by atoms with Crippen LogP contribution in [-0.2, 0) is 4.79 Å². The first-order chi connectivity index (χ1) is 15.0.